The van der Waals surface area contributed by atoms with E-state index in [2.05, 4.69) is 36.4 Å². The maximum absolute atomic E-state index is 12.3. The van der Waals surface area contributed by atoms with Gasteiger partial charge < -0.3 is 10.6 Å². The second-order valence-corrected chi connectivity index (χ2v) is 6.24. The van der Waals surface area contributed by atoms with E-state index < -0.39 is 0 Å². The summed E-state index contributed by atoms with van der Waals surface area (Å²) < 4.78 is 0. The van der Waals surface area contributed by atoms with E-state index >= 15 is 0 Å². The van der Waals surface area contributed by atoms with Gasteiger partial charge in [0, 0.05) is 12.6 Å². The molecule has 110 valence electrons. The number of aromatic nitrogens is 1. The minimum absolute atomic E-state index is 0.0647. The highest BCUT2D eigenvalue weighted by atomic mass is 16.1. The standard InChI is InChI=1S/C16H25N3O/c1-4-11-17-14-9-5-7-12(18-14)15(20)19-13-8-6-10-16(13,2)3/h5,7,9,13H,4,6,8,10-11H2,1-3H3,(H,17,18)(H,19,20). The fourth-order valence-electron chi connectivity index (χ4n) is 2.74. The van der Waals surface area contributed by atoms with E-state index in [-0.39, 0.29) is 17.4 Å². The molecule has 1 saturated carbocycles. The van der Waals surface area contributed by atoms with Gasteiger partial charge in [-0.3, -0.25) is 4.79 Å². The van der Waals surface area contributed by atoms with Crippen molar-refractivity contribution in [1.29, 1.82) is 0 Å². The number of nitrogens with one attached hydrogen (secondary N) is 2. The van der Waals surface area contributed by atoms with Crippen LogP contribution in [-0.2, 0) is 0 Å². The number of carbonyl (C=O) groups excluding carboxylic acids is 1. The van der Waals surface area contributed by atoms with Crippen molar-refractivity contribution >= 4 is 11.7 Å². The zero-order valence-corrected chi connectivity index (χ0v) is 12.7. The molecule has 1 aliphatic carbocycles. The second kappa shape index (κ2) is 6.25. The lowest BCUT2D eigenvalue weighted by atomic mass is 9.87. The second-order valence-electron chi connectivity index (χ2n) is 6.24. The molecule has 1 aromatic rings. The Balaban J connectivity index is 2.02. The first-order chi connectivity index (χ1) is 9.53. The van der Waals surface area contributed by atoms with Gasteiger partial charge in [-0.05, 0) is 36.8 Å². The molecule has 1 amide bonds. The van der Waals surface area contributed by atoms with Gasteiger partial charge in [-0.2, -0.15) is 0 Å². The topological polar surface area (TPSA) is 54.0 Å². The molecule has 1 atom stereocenters. The zero-order valence-electron chi connectivity index (χ0n) is 12.7. The predicted octanol–water partition coefficient (Wildman–Crippen LogP) is 3.21. The summed E-state index contributed by atoms with van der Waals surface area (Å²) >= 11 is 0. The molecular weight excluding hydrogens is 250 g/mol. The smallest absolute Gasteiger partial charge is 0.270 e. The van der Waals surface area contributed by atoms with Gasteiger partial charge in [-0.1, -0.05) is 33.3 Å². The average molecular weight is 275 g/mol. The van der Waals surface area contributed by atoms with Gasteiger partial charge in [0.25, 0.3) is 5.91 Å². The Morgan fingerprint density at radius 3 is 2.90 bits per heavy atom. The highest BCUT2D eigenvalue weighted by Crippen LogP contribution is 2.37. The van der Waals surface area contributed by atoms with Gasteiger partial charge >= 0.3 is 0 Å². The van der Waals surface area contributed by atoms with Crippen LogP contribution >= 0.6 is 0 Å². The fraction of sp³-hybridized carbons (Fsp3) is 0.625. The Bertz CT molecular complexity index is 471. The van der Waals surface area contributed by atoms with Crippen LogP contribution in [0.3, 0.4) is 0 Å². The lowest BCUT2D eigenvalue weighted by Gasteiger charge is -2.27. The van der Waals surface area contributed by atoms with E-state index in [9.17, 15) is 4.79 Å². The van der Waals surface area contributed by atoms with Crippen molar-refractivity contribution in [3.8, 4) is 0 Å². The van der Waals surface area contributed by atoms with Gasteiger partial charge in [0.1, 0.15) is 11.5 Å². The number of pyridine rings is 1. The molecular formula is C16H25N3O. The van der Waals surface area contributed by atoms with E-state index in [0.29, 0.717) is 5.69 Å². The first kappa shape index (κ1) is 14.8. The van der Waals surface area contributed by atoms with Crippen LogP contribution in [0.25, 0.3) is 0 Å². The number of hydrogen-bond acceptors (Lipinski definition) is 3. The van der Waals surface area contributed by atoms with E-state index in [1.165, 1.54) is 12.8 Å². The van der Waals surface area contributed by atoms with Crippen LogP contribution in [0.4, 0.5) is 5.82 Å². The van der Waals surface area contributed by atoms with E-state index in [1.807, 2.05) is 12.1 Å². The third-order valence-corrected chi connectivity index (χ3v) is 4.10. The van der Waals surface area contributed by atoms with Crippen molar-refractivity contribution in [3.63, 3.8) is 0 Å². The van der Waals surface area contributed by atoms with Gasteiger partial charge in [0.05, 0.1) is 0 Å². The van der Waals surface area contributed by atoms with Crippen LogP contribution < -0.4 is 10.6 Å². The summed E-state index contributed by atoms with van der Waals surface area (Å²) in [5.74, 6) is 0.704. The molecule has 1 fully saturated rings. The molecule has 4 heteroatoms. The molecule has 0 aromatic carbocycles. The van der Waals surface area contributed by atoms with Crippen LogP contribution in [0, 0.1) is 5.41 Å². The monoisotopic (exact) mass is 275 g/mol. The lowest BCUT2D eigenvalue weighted by molar-refractivity contribution is 0.0905. The Labute approximate surface area is 121 Å². The average Bonchev–Trinajstić information content (AvgIpc) is 2.76. The van der Waals surface area contributed by atoms with Crippen LogP contribution in [0.15, 0.2) is 18.2 Å². The third-order valence-electron chi connectivity index (χ3n) is 4.10. The highest BCUT2D eigenvalue weighted by molar-refractivity contribution is 5.92. The Morgan fingerprint density at radius 2 is 2.25 bits per heavy atom. The van der Waals surface area contributed by atoms with Crippen molar-refractivity contribution in [3.05, 3.63) is 23.9 Å². The molecule has 4 nitrogen and oxygen atoms in total. The lowest BCUT2D eigenvalue weighted by Crippen LogP contribution is -2.41. The number of carbonyl (C=O) groups is 1. The number of rotatable bonds is 5. The van der Waals surface area contributed by atoms with Crippen LogP contribution in [-0.4, -0.2) is 23.5 Å². The summed E-state index contributed by atoms with van der Waals surface area (Å²) in [6.45, 7) is 7.41. The molecule has 1 aromatic heterocycles. The first-order valence-corrected chi connectivity index (χ1v) is 7.55. The molecule has 2 N–H and O–H groups in total. The van der Waals surface area contributed by atoms with Gasteiger partial charge in [0.15, 0.2) is 0 Å². The largest absolute Gasteiger partial charge is 0.370 e. The number of hydrogen-bond donors (Lipinski definition) is 2. The minimum Gasteiger partial charge on any atom is -0.370 e. The van der Waals surface area contributed by atoms with Gasteiger partial charge in [-0.15, -0.1) is 0 Å². The van der Waals surface area contributed by atoms with Gasteiger partial charge in [0.2, 0.25) is 0 Å². The molecule has 20 heavy (non-hydrogen) atoms. The molecule has 0 radical (unpaired) electrons. The van der Waals surface area contributed by atoms with Crippen molar-refractivity contribution in [1.82, 2.24) is 10.3 Å². The Hall–Kier alpha value is -1.58. The Morgan fingerprint density at radius 1 is 1.45 bits per heavy atom. The van der Waals surface area contributed by atoms with Crippen LogP contribution in [0.2, 0.25) is 0 Å². The van der Waals surface area contributed by atoms with E-state index in [4.69, 9.17) is 0 Å². The van der Waals surface area contributed by atoms with Crippen LogP contribution in [0.5, 0.6) is 0 Å². The Kier molecular flexibility index (Phi) is 4.63. The zero-order chi connectivity index (χ0) is 14.6. The summed E-state index contributed by atoms with van der Waals surface area (Å²) in [4.78, 5) is 16.7. The van der Waals surface area contributed by atoms with Crippen molar-refractivity contribution in [2.45, 2.75) is 52.5 Å². The van der Waals surface area contributed by atoms with E-state index in [0.717, 1.165) is 25.2 Å². The maximum Gasteiger partial charge on any atom is 0.270 e. The summed E-state index contributed by atoms with van der Waals surface area (Å²) in [5.41, 5.74) is 0.682. The molecule has 0 spiro atoms. The molecule has 1 aliphatic rings. The predicted molar refractivity (Wildman–Crippen MR) is 81.9 cm³/mol. The fourth-order valence-corrected chi connectivity index (χ4v) is 2.74. The summed E-state index contributed by atoms with van der Waals surface area (Å²) in [7, 11) is 0. The normalized spacial score (nSPS) is 20.6. The number of amides is 1. The quantitative estimate of drug-likeness (QED) is 0.867. The molecule has 1 heterocycles. The number of nitrogens with zero attached hydrogens (tertiary/aromatic N) is 1. The number of anilines is 1. The SMILES string of the molecule is CCCNc1cccc(C(=O)NC2CCCC2(C)C)n1. The summed E-state index contributed by atoms with van der Waals surface area (Å²) in [5, 5.41) is 6.35. The highest BCUT2D eigenvalue weighted by Gasteiger charge is 2.35. The first-order valence-electron chi connectivity index (χ1n) is 7.55. The summed E-state index contributed by atoms with van der Waals surface area (Å²) in [6.07, 6.45) is 4.45. The molecule has 2 rings (SSSR count). The molecule has 1 unspecified atom stereocenters. The van der Waals surface area contributed by atoms with Crippen molar-refractivity contribution < 1.29 is 4.79 Å². The van der Waals surface area contributed by atoms with Crippen molar-refractivity contribution in [2.24, 2.45) is 5.41 Å². The third kappa shape index (κ3) is 3.50. The molecule has 0 saturated heterocycles. The maximum atomic E-state index is 12.3. The minimum atomic E-state index is -0.0647. The molecule has 0 bridgehead atoms. The van der Waals surface area contributed by atoms with Crippen LogP contribution in [0.1, 0.15) is 56.9 Å². The molecule has 0 aliphatic heterocycles. The van der Waals surface area contributed by atoms with Crippen molar-refractivity contribution in [2.75, 3.05) is 11.9 Å². The van der Waals surface area contributed by atoms with Gasteiger partial charge in [-0.25, -0.2) is 4.98 Å². The van der Waals surface area contributed by atoms with E-state index in [1.54, 1.807) is 6.07 Å². The summed E-state index contributed by atoms with van der Waals surface area (Å²) in [6, 6.07) is 5.80.